The number of hydrogen-bond donors (Lipinski definition) is 6. The van der Waals surface area contributed by atoms with Crippen molar-refractivity contribution in [2.45, 2.75) is 14.7 Å². The van der Waals surface area contributed by atoms with Crippen molar-refractivity contribution in [2.24, 2.45) is 10.2 Å². The van der Waals surface area contributed by atoms with Gasteiger partial charge in [0.25, 0.3) is 10.1 Å². The predicted octanol–water partition coefficient (Wildman–Crippen LogP) is 4.23. The maximum absolute atomic E-state index is 12.0. The number of nitrogens with two attached hydrogens (primary N) is 2. The number of phenolic OH excluding ortho intramolecular Hbond substituents is 1. The quantitative estimate of drug-likeness (QED) is 0.0581. The molecule has 176 valence electrons. The van der Waals surface area contributed by atoms with Crippen LogP contribution in [0.15, 0.2) is 61.3 Å². The van der Waals surface area contributed by atoms with E-state index in [1.54, 1.807) is 0 Å². The number of aromatic hydroxyl groups is 1. The Morgan fingerprint density at radius 3 is 2.30 bits per heavy atom. The molecule has 3 aromatic rings. The second-order valence-corrected chi connectivity index (χ2v) is 8.94. The number of nitrogen functional groups attached to an aromatic ring is 2. The first-order valence-corrected chi connectivity index (χ1v) is 11.3. The molecule has 14 nitrogen and oxygen atoms in total. The molecule has 0 atom stereocenters. The highest BCUT2D eigenvalue weighted by Gasteiger charge is 2.23. The third kappa shape index (κ3) is 5.81. The second kappa shape index (κ2) is 10.5. The van der Waals surface area contributed by atoms with Crippen LogP contribution in [0.25, 0.3) is 10.8 Å². The minimum absolute atomic E-state index is 0.00445. The van der Waals surface area contributed by atoms with Gasteiger partial charge in [0.1, 0.15) is 22.0 Å². The van der Waals surface area contributed by atoms with Gasteiger partial charge in [-0.05, 0) is 41.8 Å². The minimum Gasteiger partial charge on any atom is -0.507 e. The summed E-state index contributed by atoms with van der Waals surface area (Å²) in [5, 5.41) is 41.9. The Morgan fingerprint density at radius 1 is 0.939 bits per heavy atom. The molecule has 0 radical (unpaired) electrons. The molecule has 33 heavy (non-hydrogen) atoms. The van der Waals surface area contributed by atoms with Gasteiger partial charge in [0.15, 0.2) is 0 Å². The van der Waals surface area contributed by atoms with E-state index < -0.39 is 20.7 Å². The zero-order valence-electron chi connectivity index (χ0n) is 16.0. The molecule has 0 unspecified atom stereocenters. The summed E-state index contributed by atoms with van der Waals surface area (Å²) in [4.78, 5) is -0.229. The number of rotatable bonds is 9. The molecule has 3 rings (SSSR count). The van der Waals surface area contributed by atoms with Crippen molar-refractivity contribution in [2.75, 3.05) is 11.5 Å². The summed E-state index contributed by atoms with van der Waals surface area (Å²) >= 11 is 1.06. The summed E-state index contributed by atoms with van der Waals surface area (Å²) in [6.45, 7) is 0. The summed E-state index contributed by atoms with van der Waals surface area (Å²) in [6.07, 6.45) is 0. The first-order chi connectivity index (χ1) is 15.7. The number of anilines is 2. The molecule has 0 aromatic heterocycles. The van der Waals surface area contributed by atoms with E-state index in [0.29, 0.717) is 24.1 Å². The Labute approximate surface area is 193 Å². The van der Waals surface area contributed by atoms with E-state index in [4.69, 9.17) is 22.0 Å². The summed E-state index contributed by atoms with van der Waals surface area (Å²) in [6, 6.07) is 7.88. The summed E-state index contributed by atoms with van der Waals surface area (Å²) < 4.78 is 42.4. The van der Waals surface area contributed by atoms with E-state index in [0.717, 1.165) is 6.07 Å². The molecule has 0 heterocycles. The van der Waals surface area contributed by atoms with E-state index in [9.17, 15) is 18.1 Å². The lowest BCUT2D eigenvalue weighted by Gasteiger charge is -2.12. The van der Waals surface area contributed by atoms with Crippen molar-refractivity contribution in [3.05, 3.63) is 36.4 Å². The van der Waals surface area contributed by atoms with Gasteiger partial charge < -0.3 is 16.6 Å². The molecule has 0 spiro atoms. The Bertz CT molecular complexity index is 1320. The van der Waals surface area contributed by atoms with Gasteiger partial charge in [0.2, 0.25) is 0 Å². The van der Waals surface area contributed by atoms with E-state index in [2.05, 4.69) is 29.0 Å². The molecule has 0 aliphatic heterocycles. The molecule has 0 bridgehead atoms. The molecule has 0 saturated carbocycles. The summed E-state index contributed by atoms with van der Waals surface area (Å²) in [5.41, 5.74) is 11.4. The van der Waals surface area contributed by atoms with Crippen molar-refractivity contribution < 1.29 is 47.3 Å². The first-order valence-electron chi connectivity index (χ1n) is 8.33. The molecule has 0 saturated heterocycles. The lowest BCUT2D eigenvalue weighted by Crippen LogP contribution is -2.02. The van der Waals surface area contributed by atoms with Crippen molar-refractivity contribution in [3.63, 3.8) is 0 Å². The van der Waals surface area contributed by atoms with Crippen LogP contribution in [0, 0.1) is 0 Å². The molecule has 3 aromatic carbocycles. The Morgan fingerprint density at radius 2 is 1.64 bits per heavy atom. The van der Waals surface area contributed by atoms with Crippen LogP contribution in [0.1, 0.15) is 0 Å². The zero-order chi connectivity index (χ0) is 24.2. The van der Waals surface area contributed by atoms with Crippen LogP contribution in [-0.4, -0.2) is 28.6 Å². The van der Waals surface area contributed by atoms with Crippen molar-refractivity contribution in [3.8, 4) is 5.75 Å². The first kappa shape index (κ1) is 24.9. The maximum Gasteiger partial charge on any atom is 0.296 e. The molecule has 17 heteroatoms. The number of benzene rings is 3. The second-order valence-electron chi connectivity index (χ2n) is 6.03. The van der Waals surface area contributed by atoms with Crippen LogP contribution in [0.3, 0.4) is 0 Å². The summed E-state index contributed by atoms with van der Waals surface area (Å²) in [7, 11) is -4.85. The van der Waals surface area contributed by atoms with Gasteiger partial charge in [-0.15, -0.1) is 18.9 Å². The van der Waals surface area contributed by atoms with E-state index in [1.807, 2.05) is 0 Å². The van der Waals surface area contributed by atoms with Crippen LogP contribution >= 0.6 is 24.1 Å². The van der Waals surface area contributed by atoms with Gasteiger partial charge in [0.05, 0.1) is 34.7 Å². The third-order valence-corrected chi connectivity index (χ3v) is 6.08. The van der Waals surface area contributed by atoms with Crippen molar-refractivity contribution in [1.82, 2.24) is 0 Å². The van der Waals surface area contributed by atoms with Crippen LogP contribution < -0.4 is 11.5 Å². The number of phenols is 1. The molecular formula is C16H14N4O10S3. The summed E-state index contributed by atoms with van der Waals surface area (Å²) in [5.74, 6) is -0.388. The van der Waals surface area contributed by atoms with Gasteiger partial charge in [-0.1, -0.05) is 10.1 Å². The number of fused-ring (bicyclic) bond motifs is 1. The van der Waals surface area contributed by atoms with E-state index in [-0.39, 0.29) is 43.4 Å². The molecule has 8 N–H and O–H groups in total. The van der Waals surface area contributed by atoms with Crippen LogP contribution in [0.2, 0.25) is 0 Å². The molecular weight excluding hydrogens is 504 g/mol. The number of azo groups is 1. The average Bonchev–Trinajstić information content (AvgIpc) is 2.75. The predicted molar refractivity (Wildman–Crippen MR) is 116 cm³/mol. The smallest absolute Gasteiger partial charge is 0.296 e. The highest BCUT2D eigenvalue weighted by atomic mass is 32.2. The van der Waals surface area contributed by atoms with Crippen molar-refractivity contribution >= 4 is 67.7 Å². The van der Waals surface area contributed by atoms with E-state index >= 15 is 0 Å². The Kier molecular flexibility index (Phi) is 7.92. The fourth-order valence-electron chi connectivity index (χ4n) is 2.73. The monoisotopic (exact) mass is 518 g/mol. The highest BCUT2D eigenvalue weighted by molar-refractivity contribution is 7.94. The fourth-order valence-corrected chi connectivity index (χ4v) is 4.26. The topological polar surface area (TPSA) is 229 Å². The van der Waals surface area contributed by atoms with Gasteiger partial charge >= 0.3 is 0 Å². The standard InChI is InChI=1S/C16H14N4O10S3/c17-8-1-2-12(32-30-28-23)10(5-8)19-20-16-13(33(24,25)26)4-7-3-9(31-29-27-22)6-11(21)14(7)15(16)18/h1-6,21-23H,17-18H2,(H,24,25,26). The van der Waals surface area contributed by atoms with Gasteiger partial charge in [-0.2, -0.15) is 8.42 Å². The Balaban J connectivity index is 2.19. The fraction of sp³-hybridized carbons (Fsp3) is 0. The lowest BCUT2D eigenvalue weighted by atomic mass is 10.1. The molecule has 0 aliphatic rings. The number of nitrogens with zero attached hydrogens (tertiary/aromatic N) is 2. The number of hydrogen-bond acceptors (Lipinski definition) is 15. The minimum atomic E-state index is -4.85. The molecule has 0 fully saturated rings. The van der Waals surface area contributed by atoms with Gasteiger partial charge in [-0.25, -0.2) is 10.5 Å². The van der Waals surface area contributed by atoms with Crippen LogP contribution in [0.5, 0.6) is 5.75 Å². The third-order valence-electron chi connectivity index (χ3n) is 4.00. The Hall–Kier alpha value is -2.71. The van der Waals surface area contributed by atoms with Gasteiger partial charge in [0, 0.05) is 16.0 Å². The van der Waals surface area contributed by atoms with Crippen LogP contribution in [-0.2, 0) is 28.9 Å². The zero-order valence-corrected chi connectivity index (χ0v) is 18.4. The molecule has 0 amide bonds. The average molecular weight is 519 g/mol. The lowest BCUT2D eigenvalue weighted by molar-refractivity contribution is -0.432. The van der Waals surface area contributed by atoms with Crippen LogP contribution in [0.4, 0.5) is 22.7 Å². The highest BCUT2D eigenvalue weighted by Crippen LogP contribution is 2.44. The SMILES string of the molecule is Nc1ccc(SOOO)c(N=Nc2c(S(=O)(=O)O)cc3cc(SOOO)cc(O)c3c2N)c1. The molecule has 0 aliphatic carbocycles. The normalized spacial score (nSPS) is 12.1. The largest absolute Gasteiger partial charge is 0.507 e. The van der Waals surface area contributed by atoms with Crippen molar-refractivity contribution in [1.29, 1.82) is 0 Å². The van der Waals surface area contributed by atoms with E-state index in [1.165, 1.54) is 30.3 Å². The maximum atomic E-state index is 12.0. The van der Waals surface area contributed by atoms with Gasteiger partial charge in [-0.3, -0.25) is 4.55 Å².